The van der Waals surface area contributed by atoms with Crippen LogP contribution in [0.4, 0.5) is 0 Å². The summed E-state index contributed by atoms with van der Waals surface area (Å²) in [6.45, 7) is 17.1. The summed E-state index contributed by atoms with van der Waals surface area (Å²) in [7, 11) is -6.94. The van der Waals surface area contributed by atoms with Crippen molar-refractivity contribution in [2.75, 3.05) is 0 Å². The second-order valence-electron chi connectivity index (χ2n) is 9.70. The summed E-state index contributed by atoms with van der Waals surface area (Å²) in [6, 6.07) is 0. The molecule has 0 fully saturated rings. The quantitative estimate of drug-likeness (QED) is 0.706. The van der Waals surface area contributed by atoms with Gasteiger partial charge in [-0.3, -0.25) is 0 Å². The van der Waals surface area contributed by atoms with Crippen molar-refractivity contribution in [3.8, 4) is 0 Å². The highest BCUT2D eigenvalue weighted by Gasteiger charge is 2.37. The van der Waals surface area contributed by atoms with Crippen LogP contribution in [0.15, 0.2) is 0 Å². The molecule has 0 spiro atoms. The van der Waals surface area contributed by atoms with Crippen molar-refractivity contribution in [3.05, 3.63) is 0 Å². The van der Waals surface area contributed by atoms with E-state index in [1.165, 1.54) is 0 Å². The van der Waals surface area contributed by atoms with E-state index in [1.807, 2.05) is 27.7 Å². The van der Waals surface area contributed by atoms with Gasteiger partial charge in [-0.1, -0.05) is 0 Å². The predicted molar refractivity (Wildman–Crippen MR) is 101 cm³/mol. The third-order valence-electron chi connectivity index (χ3n) is 3.81. The van der Waals surface area contributed by atoms with Gasteiger partial charge in [0.1, 0.15) is 0 Å². The number of hydrogen-bond acceptors (Lipinski definition) is 4. The van der Waals surface area contributed by atoms with Crippen LogP contribution in [0.5, 0.6) is 0 Å². The Balaban J connectivity index is 5.06. The second kappa shape index (κ2) is 6.85. The first kappa shape index (κ1) is 23.8. The van der Waals surface area contributed by atoms with Crippen LogP contribution in [-0.2, 0) is 20.0 Å². The summed E-state index contributed by atoms with van der Waals surface area (Å²) < 4.78 is 53.0. The molecule has 0 heterocycles. The van der Waals surface area contributed by atoms with Crippen molar-refractivity contribution in [3.63, 3.8) is 0 Å². The highest BCUT2D eigenvalue weighted by atomic mass is 32.2. The fourth-order valence-electron chi connectivity index (χ4n) is 1.76. The Morgan fingerprint density at radius 1 is 0.542 bits per heavy atom. The van der Waals surface area contributed by atoms with Gasteiger partial charge >= 0.3 is 0 Å². The van der Waals surface area contributed by atoms with Crippen LogP contribution >= 0.6 is 0 Å². The molecule has 0 rings (SSSR count). The van der Waals surface area contributed by atoms with Crippen LogP contribution in [0.25, 0.3) is 0 Å². The van der Waals surface area contributed by atoms with E-state index in [1.54, 1.807) is 41.5 Å². The number of hydrogen-bond donors (Lipinski definition) is 2. The molecular weight excluding hydrogens is 348 g/mol. The molecule has 0 bridgehead atoms. The van der Waals surface area contributed by atoms with E-state index in [0.717, 1.165) is 0 Å². The third-order valence-corrected chi connectivity index (χ3v) is 8.68. The molecule has 0 aliphatic rings. The number of rotatable bonds is 7. The zero-order valence-electron chi connectivity index (χ0n) is 16.9. The Labute approximate surface area is 149 Å². The first-order chi connectivity index (χ1) is 10.1. The lowest BCUT2D eigenvalue weighted by atomic mass is 9.91. The molecule has 0 aromatic carbocycles. The van der Waals surface area contributed by atoms with E-state index < -0.39 is 40.6 Å². The van der Waals surface area contributed by atoms with Gasteiger partial charge in [0.25, 0.3) is 0 Å². The van der Waals surface area contributed by atoms with Crippen LogP contribution in [0, 0.1) is 0 Å². The average molecular weight is 385 g/mol. The third kappa shape index (κ3) is 6.98. The summed E-state index contributed by atoms with van der Waals surface area (Å²) in [5, 5.41) is 0. The summed E-state index contributed by atoms with van der Waals surface area (Å²) in [5.41, 5.74) is -1.34. The lowest BCUT2D eigenvalue weighted by molar-refractivity contribution is 0.330. The molecule has 24 heavy (non-hydrogen) atoms. The van der Waals surface area contributed by atoms with Crippen LogP contribution in [-0.4, -0.2) is 37.4 Å². The van der Waals surface area contributed by atoms with E-state index >= 15 is 0 Å². The van der Waals surface area contributed by atoms with E-state index in [9.17, 15) is 16.8 Å². The Hall–Kier alpha value is -0.180. The van der Waals surface area contributed by atoms with Gasteiger partial charge in [0.05, 0.1) is 9.49 Å². The molecule has 0 unspecified atom stereocenters. The highest BCUT2D eigenvalue weighted by molar-refractivity contribution is 7.91. The van der Waals surface area contributed by atoms with E-state index in [4.69, 9.17) is 0 Å². The maximum absolute atomic E-state index is 12.3. The van der Waals surface area contributed by atoms with Gasteiger partial charge in [-0.05, 0) is 82.1 Å². The van der Waals surface area contributed by atoms with Crippen molar-refractivity contribution in [1.82, 2.24) is 9.44 Å². The van der Waals surface area contributed by atoms with Crippen LogP contribution < -0.4 is 9.44 Å². The minimum absolute atomic E-state index is 0.502. The van der Waals surface area contributed by atoms with Gasteiger partial charge in [-0.15, -0.1) is 0 Å². The van der Waals surface area contributed by atoms with Gasteiger partial charge in [-0.25, -0.2) is 26.3 Å². The van der Waals surface area contributed by atoms with E-state index in [-0.39, 0.29) is 0 Å². The molecule has 0 aliphatic heterocycles. The molecule has 2 N–H and O–H groups in total. The molecule has 0 saturated carbocycles. The first-order valence-corrected chi connectivity index (χ1v) is 11.2. The molecule has 6 nitrogen and oxygen atoms in total. The first-order valence-electron chi connectivity index (χ1n) is 8.19. The Kier molecular flexibility index (Phi) is 6.80. The maximum atomic E-state index is 12.3. The van der Waals surface area contributed by atoms with Crippen molar-refractivity contribution in [2.45, 2.75) is 103 Å². The molecule has 0 aliphatic carbocycles. The van der Waals surface area contributed by atoms with E-state index in [2.05, 4.69) is 9.44 Å². The fourth-order valence-corrected chi connectivity index (χ4v) is 4.03. The normalized spacial score (nSPS) is 15.6. The minimum Gasteiger partial charge on any atom is -0.212 e. The molecule has 0 amide bonds. The molecule has 8 heteroatoms. The predicted octanol–water partition coefficient (Wildman–Crippen LogP) is 2.76. The van der Waals surface area contributed by atoms with Crippen molar-refractivity contribution in [1.29, 1.82) is 0 Å². The Bertz CT molecular complexity index is 577. The topological polar surface area (TPSA) is 92.3 Å². The largest absolute Gasteiger partial charge is 0.217 e. The van der Waals surface area contributed by atoms with Gasteiger partial charge in [0, 0.05) is 11.1 Å². The van der Waals surface area contributed by atoms with Gasteiger partial charge in [0.2, 0.25) is 20.0 Å². The molecular formula is C16H36N2O4S2. The molecule has 0 atom stereocenters. The molecule has 0 radical (unpaired) electrons. The summed E-state index contributed by atoms with van der Waals surface area (Å²) >= 11 is 0. The average Bonchev–Trinajstić information content (AvgIpc) is 2.20. The molecule has 146 valence electrons. The lowest BCUT2D eigenvalue weighted by Crippen LogP contribution is -2.53. The van der Waals surface area contributed by atoms with Gasteiger partial charge in [0.15, 0.2) is 0 Å². The van der Waals surface area contributed by atoms with Crippen LogP contribution in [0.1, 0.15) is 82.1 Å². The van der Waals surface area contributed by atoms with Gasteiger partial charge < -0.3 is 0 Å². The minimum atomic E-state index is -3.47. The van der Waals surface area contributed by atoms with Crippen LogP contribution in [0.3, 0.4) is 0 Å². The fraction of sp³-hybridized carbons (Fsp3) is 1.00. The summed E-state index contributed by atoms with van der Waals surface area (Å²) in [4.78, 5) is 0. The lowest BCUT2D eigenvalue weighted by Gasteiger charge is -2.35. The smallest absolute Gasteiger partial charge is 0.212 e. The van der Waals surface area contributed by atoms with Crippen molar-refractivity contribution >= 4 is 20.0 Å². The maximum Gasteiger partial charge on any atom is 0.217 e. The molecule has 0 saturated heterocycles. The zero-order chi connectivity index (χ0) is 19.8. The Morgan fingerprint density at radius 3 is 0.917 bits per heavy atom. The van der Waals surface area contributed by atoms with E-state index in [0.29, 0.717) is 12.8 Å². The summed E-state index contributed by atoms with van der Waals surface area (Å²) in [5.74, 6) is 0. The standard InChI is InChI=1S/C16H36N2O4S2/c1-13(2,3)23(19,20)17-15(7,8)11-12-16(9,10)18-24(21,22)14(4,5)6/h17-18H,11-12H2,1-10H3. The SMILES string of the molecule is CC(C)(CCC(C)(C)NS(=O)(=O)C(C)(C)C)NS(=O)(=O)C(C)(C)C. The second-order valence-corrected chi connectivity index (χ2v) is 14.6. The van der Waals surface area contributed by atoms with Crippen LogP contribution in [0.2, 0.25) is 0 Å². The number of sulfonamides is 2. The zero-order valence-corrected chi connectivity index (χ0v) is 18.5. The monoisotopic (exact) mass is 384 g/mol. The van der Waals surface area contributed by atoms with Crippen molar-refractivity contribution in [2.24, 2.45) is 0 Å². The summed E-state index contributed by atoms with van der Waals surface area (Å²) in [6.07, 6.45) is 1.00. The Morgan fingerprint density at radius 2 is 0.750 bits per heavy atom. The molecule has 0 aromatic heterocycles. The highest BCUT2D eigenvalue weighted by Crippen LogP contribution is 2.25. The van der Waals surface area contributed by atoms with Crippen molar-refractivity contribution < 1.29 is 16.8 Å². The number of nitrogens with one attached hydrogen (secondary N) is 2. The van der Waals surface area contributed by atoms with Gasteiger partial charge in [-0.2, -0.15) is 0 Å². The molecule has 0 aromatic rings.